The summed E-state index contributed by atoms with van der Waals surface area (Å²) >= 11 is 0. The second-order valence-electron chi connectivity index (χ2n) is 4.13. The molecule has 0 aliphatic rings. The molecule has 1 unspecified atom stereocenters. The van der Waals surface area contributed by atoms with Crippen LogP contribution in [0.4, 0.5) is 4.39 Å². The fraction of sp³-hybridized carbons (Fsp3) is 0.571. The quantitative estimate of drug-likeness (QED) is 0.753. The maximum Gasteiger partial charge on any atom is 0.126 e. The lowest BCUT2D eigenvalue weighted by atomic mass is 9.99. The molecule has 1 N–H and O–H groups in total. The summed E-state index contributed by atoms with van der Waals surface area (Å²) in [7, 11) is 0. The van der Waals surface area contributed by atoms with E-state index in [1.54, 1.807) is 6.07 Å². The van der Waals surface area contributed by atoms with Gasteiger partial charge >= 0.3 is 0 Å². The molecule has 0 saturated carbocycles. The first-order chi connectivity index (χ1) is 8.27. The molecule has 0 spiro atoms. The minimum absolute atomic E-state index is 0.120. The second kappa shape index (κ2) is 8.20. The van der Waals surface area contributed by atoms with Gasteiger partial charge in [0.05, 0.1) is 6.61 Å². The van der Waals surface area contributed by atoms with E-state index in [-0.39, 0.29) is 5.82 Å². The van der Waals surface area contributed by atoms with Gasteiger partial charge in [0.1, 0.15) is 5.82 Å². The summed E-state index contributed by atoms with van der Waals surface area (Å²) in [5, 5.41) is 3.29. The number of hydrogen-bond acceptors (Lipinski definition) is 2. The maximum atomic E-state index is 13.5. The molecule has 0 heterocycles. The number of hydrogen-bond donors (Lipinski definition) is 1. The summed E-state index contributed by atoms with van der Waals surface area (Å²) in [6.07, 6.45) is 0.722. The van der Waals surface area contributed by atoms with E-state index in [0.29, 0.717) is 19.1 Å². The molecule has 1 aromatic carbocycles. The summed E-state index contributed by atoms with van der Waals surface area (Å²) in [4.78, 5) is 0. The van der Waals surface area contributed by atoms with Crippen LogP contribution in [-0.2, 0) is 11.2 Å². The Hall–Kier alpha value is -0.930. The lowest BCUT2D eigenvalue weighted by Gasteiger charge is -2.17. The average molecular weight is 239 g/mol. The van der Waals surface area contributed by atoms with E-state index < -0.39 is 0 Å². The first kappa shape index (κ1) is 14.1. The zero-order chi connectivity index (χ0) is 12.5. The van der Waals surface area contributed by atoms with Crippen molar-refractivity contribution >= 4 is 0 Å². The third kappa shape index (κ3) is 5.29. The molecule has 96 valence electrons. The minimum Gasteiger partial charge on any atom is -0.381 e. The summed E-state index contributed by atoms with van der Waals surface area (Å²) in [6, 6.07) is 6.96. The lowest BCUT2D eigenvalue weighted by molar-refractivity contribution is 0.109. The van der Waals surface area contributed by atoms with Crippen molar-refractivity contribution < 1.29 is 9.13 Å². The highest BCUT2D eigenvalue weighted by Crippen LogP contribution is 2.13. The zero-order valence-corrected chi connectivity index (χ0v) is 10.7. The van der Waals surface area contributed by atoms with Crippen LogP contribution in [-0.4, -0.2) is 26.3 Å². The third-order valence-electron chi connectivity index (χ3n) is 2.71. The van der Waals surface area contributed by atoms with E-state index in [9.17, 15) is 4.39 Å². The Morgan fingerprint density at radius 1 is 1.29 bits per heavy atom. The predicted octanol–water partition coefficient (Wildman–Crippen LogP) is 2.63. The molecule has 1 aromatic rings. The number of nitrogens with one attached hydrogen (secondary N) is 1. The number of rotatable bonds is 8. The van der Waals surface area contributed by atoms with Gasteiger partial charge in [0.2, 0.25) is 0 Å². The first-order valence-corrected chi connectivity index (χ1v) is 6.29. The van der Waals surface area contributed by atoms with Gasteiger partial charge in [-0.05, 0) is 37.4 Å². The van der Waals surface area contributed by atoms with Crippen LogP contribution in [0.5, 0.6) is 0 Å². The molecule has 0 bridgehead atoms. The average Bonchev–Trinajstić information content (AvgIpc) is 2.35. The molecule has 2 nitrogen and oxygen atoms in total. The Morgan fingerprint density at radius 3 is 2.71 bits per heavy atom. The predicted molar refractivity (Wildman–Crippen MR) is 68.6 cm³/mol. The Labute approximate surface area is 103 Å². The Bertz CT molecular complexity index is 309. The largest absolute Gasteiger partial charge is 0.381 e. The van der Waals surface area contributed by atoms with E-state index in [4.69, 9.17) is 4.74 Å². The van der Waals surface area contributed by atoms with Crippen molar-refractivity contribution in [2.45, 2.75) is 20.3 Å². The standard InChI is InChI=1S/C14H22FNO/c1-3-16-10-12(11-17-4-2)9-13-7-5-6-8-14(13)15/h5-8,12,16H,3-4,9-11H2,1-2H3. The molecule has 0 fully saturated rings. The number of ether oxygens (including phenoxy) is 1. The Balaban J connectivity index is 2.55. The molecule has 17 heavy (non-hydrogen) atoms. The summed E-state index contributed by atoms with van der Waals surface area (Å²) < 4.78 is 19.0. The molecule has 3 heteroatoms. The summed E-state index contributed by atoms with van der Waals surface area (Å²) in [5.74, 6) is 0.206. The van der Waals surface area contributed by atoms with E-state index in [0.717, 1.165) is 25.1 Å². The highest BCUT2D eigenvalue weighted by molar-refractivity contribution is 5.17. The Kier molecular flexibility index (Phi) is 6.82. The van der Waals surface area contributed by atoms with Gasteiger partial charge in [0, 0.05) is 13.2 Å². The summed E-state index contributed by atoms with van der Waals surface area (Å²) in [6.45, 7) is 7.23. The van der Waals surface area contributed by atoms with Gasteiger partial charge in [-0.3, -0.25) is 0 Å². The highest BCUT2D eigenvalue weighted by Gasteiger charge is 2.11. The molecule has 0 aromatic heterocycles. The van der Waals surface area contributed by atoms with Crippen molar-refractivity contribution in [2.75, 3.05) is 26.3 Å². The topological polar surface area (TPSA) is 21.3 Å². The molecule has 0 aliphatic heterocycles. The normalized spacial score (nSPS) is 12.6. The van der Waals surface area contributed by atoms with Crippen molar-refractivity contribution in [2.24, 2.45) is 5.92 Å². The van der Waals surface area contributed by atoms with Crippen LogP contribution in [0.3, 0.4) is 0 Å². The second-order valence-corrected chi connectivity index (χ2v) is 4.13. The van der Waals surface area contributed by atoms with Crippen LogP contribution < -0.4 is 5.32 Å². The molecular weight excluding hydrogens is 217 g/mol. The fourth-order valence-corrected chi connectivity index (χ4v) is 1.80. The van der Waals surface area contributed by atoms with Crippen molar-refractivity contribution in [3.63, 3.8) is 0 Å². The monoisotopic (exact) mass is 239 g/mol. The van der Waals surface area contributed by atoms with Crippen LogP contribution in [0.15, 0.2) is 24.3 Å². The molecule has 1 atom stereocenters. The fourth-order valence-electron chi connectivity index (χ4n) is 1.80. The van der Waals surface area contributed by atoms with Crippen LogP contribution in [0.25, 0.3) is 0 Å². The first-order valence-electron chi connectivity index (χ1n) is 6.29. The minimum atomic E-state index is -0.120. The van der Waals surface area contributed by atoms with Gasteiger partial charge in [-0.25, -0.2) is 4.39 Å². The Morgan fingerprint density at radius 2 is 2.06 bits per heavy atom. The third-order valence-corrected chi connectivity index (χ3v) is 2.71. The van der Waals surface area contributed by atoms with Crippen molar-refractivity contribution in [1.82, 2.24) is 5.32 Å². The molecule has 0 radical (unpaired) electrons. The van der Waals surface area contributed by atoms with Crippen LogP contribution in [0.2, 0.25) is 0 Å². The van der Waals surface area contributed by atoms with Crippen LogP contribution in [0.1, 0.15) is 19.4 Å². The number of halogens is 1. The molecular formula is C14H22FNO. The summed E-state index contributed by atoms with van der Waals surface area (Å²) in [5.41, 5.74) is 0.773. The van der Waals surface area contributed by atoms with Crippen molar-refractivity contribution in [3.8, 4) is 0 Å². The van der Waals surface area contributed by atoms with Gasteiger partial charge in [-0.2, -0.15) is 0 Å². The van der Waals surface area contributed by atoms with E-state index in [1.165, 1.54) is 6.07 Å². The van der Waals surface area contributed by atoms with E-state index in [2.05, 4.69) is 12.2 Å². The zero-order valence-electron chi connectivity index (χ0n) is 10.7. The number of benzene rings is 1. The lowest BCUT2D eigenvalue weighted by Crippen LogP contribution is -2.27. The van der Waals surface area contributed by atoms with E-state index >= 15 is 0 Å². The highest BCUT2D eigenvalue weighted by atomic mass is 19.1. The molecule has 0 amide bonds. The van der Waals surface area contributed by atoms with Crippen LogP contribution in [0, 0.1) is 11.7 Å². The SMILES string of the molecule is CCNCC(COCC)Cc1ccccc1F. The van der Waals surface area contributed by atoms with Gasteiger partial charge in [-0.15, -0.1) is 0 Å². The van der Waals surface area contributed by atoms with Gasteiger partial charge in [0.15, 0.2) is 0 Å². The van der Waals surface area contributed by atoms with Gasteiger partial charge < -0.3 is 10.1 Å². The van der Waals surface area contributed by atoms with Crippen LogP contribution >= 0.6 is 0 Å². The van der Waals surface area contributed by atoms with E-state index in [1.807, 2.05) is 19.1 Å². The van der Waals surface area contributed by atoms with Crippen molar-refractivity contribution in [3.05, 3.63) is 35.6 Å². The smallest absolute Gasteiger partial charge is 0.126 e. The van der Waals surface area contributed by atoms with Crippen molar-refractivity contribution in [1.29, 1.82) is 0 Å². The van der Waals surface area contributed by atoms with Gasteiger partial charge in [0.25, 0.3) is 0 Å². The molecule has 1 rings (SSSR count). The van der Waals surface area contributed by atoms with Gasteiger partial charge in [-0.1, -0.05) is 25.1 Å². The molecule has 0 saturated heterocycles. The maximum absolute atomic E-state index is 13.5. The molecule has 0 aliphatic carbocycles.